The van der Waals surface area contributed by atoms with Crippen LogP contribution in [0, 0.1) is 13.8 Å². The van der Waals surface area contributed by atoms with Gasteiger partial charge in [-0.05, 0) is 50.6 Å². The van der Waals surface area contributed by atoms with Crippen LogP contribution < -0.4 is 10.3 Å². The first-order valence-electron chi connectivity index (χ1n) is 10.9. The number of ether oxygens (including phenoxy) is 1. The number of benzene rings is 2. The lowest BCUT2D eigenvalue weighted by Crippen LogP contribution is -2.22. The van der Waals surface area contributed by atoms with Crippen molar-refractivity contribution in [3.05, 3.63) is 81.9 Å². The summed E-state index contributed by atoms with van der Waals surface area (Å²) in [6, 6.07) is 16.5. The quantitative estimate of drug-likeness (QED) is 0.205. The molecule has 0 saturated carbocycles. The van der Waals surface area contributed by atoms with Gasteiger partial charge in [-0.15, -0.1) is 0 Å². The Morgan fingerprint density at radius 3 is 2.58 bits per heavy atom. The molecule has 170 valence electrons. The number of fused-ring (bicyclic) bond motifs is 1. The molecule has 4 rings (SSSR count). The number of aryl methyl sites for hydroxylation is 1. The van der Waals surface area contributed by atoms with Crippen molar-refractivity contribution >= 4 is 28.4 Å². The highest BCUT2D eigenvalue weighted by atomic mass is 32.2. The average Bonchev–Trinajstić information content (AvgIpc) is 3.11. The summed E-state index contributed by atoms with van der Waals surface area (Å²) in [7, 11) is 1.57. The minimum atomic E-state index is -0.193. The third-order valence-electron chi connectivity index (χ3n) is 5.72. The molecule has 6 nitrogen and oxygen atoms in total. The first-order valence-corrected chi connectivity index (χ1v) is 11.9. The van der Waals surface area contributed by atoms with Crippen molar-refractivity contribution in [1.29, 1.82) is 0 Å². The van der Waals surface area contributed by atoms with E-state index in [0.29, 0.717) is 27.5 Å². The number of hydrogen-bond acceptors (Lipinski definition) is 5. The van der Waals surface area contributed by atoms with Crippen LogP contribution in [0.15, 0.2) is 64.5 Å². The van der Waals surface area contributed by atoms with E-state index in [9.17, 15) is 9.59 Å². The minimum absolute atomic E-state index is 0.0180. The van der Waals surface area contributed by atoms with Crippen LogP contribution in [0.25, 0.3) is 16.6 Å². The molecule has 33 heavy (non-hydrogen) atoms. The molecule has 0 amide bonds. The summed E-state index contributed by atoms with van der Waals surface area (Å²) >= 11 is 1.27. The van der Waals surface area contributed by atoms with Crippen LogP contribution in [0.4, 0.5) is 0 Å². The monoisotopic (exact) mass is 461 g/mol. The van der Waals surface area contributed by atoms with E-state index in [-0.39, 0.29) is 17.1 Å². The Balaban J connectivity index is 1.76. The van der Waals surface area contributed by atoms with Gasteiger partial charge in [-0.25, -0.2) is 4.98 Å². The van der Waals surface area contributed by atoms with E-state index < -0.39 is 0 Å². The SMILES string of the molecule is CCCn1c(C)cc(C(=O)CSc2nc3ccccc3c(=O)n2-c2ccccc2OC)c1C. The molecule has 0 saturated heterocycles. The van der Waals surface area contributed by atoms with Crippen molar-refractivity contribution in [3.63, 3.8) is 0 Å². The normalized spacial score (nSPS) is 11.2. The standard InChI is InChI=1S/C26H27N3O3S/c1-5-14-28-17(2)15-20(18(28)3)23(30)16-33-26-27-21-11-7-6-10-19(21)25(31)29(26)22-12-8-9-13-24(22)32-4/h6-13,15H,5,14,16H2,1-4H3. The largest absolute Gasteiger partial charge is 0.495 e. The van der Waals surface area contributed by atoms with Gasteiger partial charge in [0.2, 0.25) is 0 Å². The van der Waals surface area contributed by atoms with Gasteiger partial charge in [-0.3, -0.25) is 14.2 Å². The predicted molar refractivity (Wildman–Crippen MR) is 133 cm³/mol. The molecule has 0 bridgehead atoms. The van der Waals surface area contributed by atoms with Crippen molar-refractivity contribution in [2.24, 2.45) is 0 Å². The van der Waals surface area contributed by atoms with Gasteiger partial charge in [0, 0.05) is 23.5 Å². The van der Waals surface area contributed by atoms with E-state index >= 15 is 0 Å². The number of methoxy groups -OCH3 is 1. The number of carbonyl (C=O) groups is 1. The van der Waals surface area contributed by atoms with Crippen LogP contribution in [0.1, 0.15) is 35.1 Å². The van der Waals surface area contributed by atoms with Gasteiger partial charge in [-0.1, -0.05) is 43.0 Å². The van der Waals surface area contributed by atoms with Gasteiger partial charge in [0.25, 0.3) is 5.56 Å². The maximum Gasteiger partial charge on any atom is 0.266 e. The third-order valence-corrected chi connectivity index (χ3v) is 6.66. The molecular formula is C26H27N3O3S. The zero-order valence-corrected chi connectivity index (χ0v) is 20.1. The zero-order chi connectivity index (χ0) is 23.5. The van der Waals surface area contributed by atoms with Crippen molar-refractivity contribution in [2.75, 3.05) is 12.9 Å². The summed E-state index contributed by atoms with van der Waals surface area (Å²) in [5.74, 6) is 0.758. The van der Waals surface area contributed by atoms with Crippen LogP contribution in [-0.2, 0) is 6.54 Å². The second kappa shape index (κ2) is 9.67. The summed E-state index contributed by atoms with van der Waals surface area (Å²) in [5.41, 5.74) is 3.79. The Morgan fingerprint density at radius 2 is 1.82 bits per heavy atom. The Labute approximate surface area is 197 Å². The van der Waals surface area contributed by atoms with E-state index in [1.54, 1.807) is 23.8 Å². The number of hydrogen-bond donors (Lipinski definition) is 0. The molecule has 0 fully saturated rings. The van der Waals surface area contributed by atoms with Gasteiger partial charge in [0.15, 0.2) is 10.9 Å². The van der Waals surface area contributed by atoms with Gasteiger partial charge in [0.05, 0.1) is 29.5 Å². The first kappa shape index (κ1) is 22.9. The molecular weight excluding hydrogens is 434 g/mol. The maximum absolute atomic E-state index is 13.5. The fourth-order valence-electron chi connectivity index (χ4n) is 4.10. The van der Waals surface area contributed by atoms with E-state index in [4.69, 9.17) is 9.72 Å². The number of rotatable bonds is 8. The van der Waals surface area contributed by atoms with Crippen molar-refractivity contribution in [2.45, 2.75) is 38.9 Å². The molecule has 4 aromatic rings. The summed E-state index contributed by atoms with van der Waals surface area (Å²) in [4.78, 5) is 31.4. The second-order valence-corrected chi connectivity index (χ2v) is 8.81. The lowest BCUT2D eigenvalue weighted by Gasteiger charge is -2.15. The average molecular weight is 462 g/mol. The van der Waals surface area contributed by atoms with Crippen molar-refractivity contribution in [3.8, 4) is 11.4 Å². The highest BCUT2D eigenvalue weighted by Crippen LogP contribution is 2.28. The van der Waals surface area contributed by atoms with Crippen LogP contribution >= 0.6 is 11.8 Å². The van der Waals surface area contributed by atoms with Gasteiger partial charge >= 0.3 is 0 Å². The summed E-state index contributed by atoms with van der Waals surface area (Å²) < 4.78 is 9.22. The number of nitrogens with zero attached hydrogens (tertiary/aromatic N) is 3. The number of thioether (sulfide) groups is 1. The van der Waals surface area contributed by atoms with Crippen LogP contribution in [0.5, 0.6) is 5.75 Å². The Kier molecular flexibility index (Phi) is 6.70. The molecule has 0 unspecified atom stereocenters. The fraction of sp³-hybridized carbons (Fsp3) is 0.269. The van der Waals surface area contributed by atoms with Gasteiger partial charge < -0.3 is 9.30 Å². The fourth-order valence-corrected chi connectivity index (χ4v) is 4.98. The Hall–Kier alpha value is -3.32. The molecule has 2 heterocycles. The number of aromatic nitrogens is 3. The highest BCUT2D eigenvalue weighted by Gasteiger charge is 2.20. The summed E-state index contributed by atoms with van der Waals surface area (Å²) in [6.07, 6.45) is 1.00. The van der Waals surface area contributed by atoms with Crippen LogP contribution in [0.3, 0.4) is 0 Å². The molecule has 0 aliphatic heterocycles. The minimum Gasteiger partial charge on any atom is -0.495 e. The van der Waals surface area contributed by atoms with Gasteiger partial charge in [-0.2, -0.15) is 0 Å². The van der Waals surface area contributed by atoms with E-state index in [0.717, 1.165) is 29.9 Å². The zero-order valence-electron chi connectivity index (χ0n) is 19.3. The summed E-state index contributed by atoms with van der Waals surface area (Å²) in [6.45, 7) is 7.02. The highest BCUT2D eigenvalue weighted by molar-refractivity contribution is 7.99. The van der Waals surface area contributed by atoms with Crippen molar-refractivity contribution in [1.82, 2.24) is 14.1 Å². The molecule has 2 aromatic heterocycles. The lowest BCUT2D eigenvalue weighted by molar-refractivity contribution is 0.102. The second-order valence-electron chi connectivity index (χ2n) is 7.87. The molecule has 2 aromatic carbocycles. The van der Waals surface area contributed by atoms with Crippen LogP contribution in [-0.4, -0.2) is 32.8 Å². The first-order chi connectivity index (χ1) is 16.0. The van der Waals surface area contributed by atoms with Gasteiger partial charge in [0.1, 0.15) is 5.75 Å². The number of Topliss-reactive ketones (excluding diaryl/α,β-unsaturated/α-hetero) is 1. The third kappa shape index (κ3) is 4.33. The Bertz CT molecular complexity index is 1390. The lowest BCUT2D eigenvalue weighted by atomic mass is 10.2. The number of para-hydroxylation sites is 3. The number of carbonyl (C=O) groups excluding carboxylic acids is 1. The molecule has 0 aliphatic rings. The molecule has 0 N–H and O–H groups in total. The molecule has 7 heteroatoms. The van der Waals surface area contributed by atoms with Crippen molar-refractivity contribution < 1.29 is 9.53 Å². The van der Waals surface area contributed by atoms with E-state index in [2.05, 4.69) is 11.5 Å². The topological polar surface area (TPSA) is 66.1 Å². The predicted octanol–water partition coefficient (Wildman–Crippen LogP) is 5.20. The van der Waals surface area contributed by atoms with E-state index in [1.807, 2.05) is 56.3 Å². The molecule has 0 spiro atoms. The maximum atomic E-state index is 13.5. The van der Waals surface area contributed by atoms with Crippen LogP contribution in [0.2, 0.25) is 0 Å². The number of ketones is 1. The molecule has 0 atom stereocenters. The summed E-state index contributed by atoms with van der Waals surface area (Å²) in [5, 5.41) is 0.973. The molecule has 0 aliphatic carbocycles. The van der Waals surface area contributed by atoms with E-state index in [1.165, 1.54) is 11.8 Å². The molecule has 0 radical (unpaired) electrons. The smallest absolute Gasteiger partial charge is 0.266 e. The Morgan fingerprint density at radius 1 is 1.09 bits per heavy atom.